The van der Waals surface area contributed by atoms with E-state index in [0.29, 0.717) is 11.8 Å². The first-order valence-corrected chi connectivity index (χ1v) is 8.64. The molecule has 116 valence electrons. The predicted molar refractivity (Wildman–Crippen MR) is 85.8 cm³/mol. The number of hydrogen-bond donors (Lipinski definition) is 0. The molecule has 2 atom stereocenters. The van der Waals surface area contributed by atoms with Crippen molar-refractivity contribution in [3.05, 3.63) is 34.4 Å². The van der Waals surface area contributed by atoms with Crippen molar-refractivity contribution in [1.82, 2.24) is 0 Å². The second kappa shape index (κ2) is 4.78. The van der Waals surface area contributed by atoms with Gasteiger partial charge in [-0.05, 0) is 75.0 Å². The lowest BCUT2D eigenvalue weighted by molar-refractivity contribution is -0.129. The third-order valence-electron chi connectivity index (χ3n) is 6.47. The van der Waals surface area contributed by atoms with Crippen LogP contribution in [0.2, 0.25) is 0 Å². The van der Waals surface area contributed by atoms with Gasteiger partial charge in [0, 0.05) is 11.8 Å². The molecule has 0 N–H and O–H groups in total. The van der Waals surface area contributed by atoms with E-state index in [4.69, 9.17) is 0 Å². The van der Waals surface area contributed by atoms with E-state index in [1.54, 1.807) is 0 Å². The summed E-state index contributed by atoms with van der Waals surface area (Å²) < 4.78 is 0. The quantitative estimate of drug-likeness (QED) is 0.737. The van der Waals surface area contributed by atoms with Gasteiger partial charge >= 0.3 is 0 Å². The van der Waals surface area contributed by atoms with Gasteiger partial charge in [0.2, 0.25) is 0 Å². The number of fused-ring (bicyclic) bond motifs is 2. The fraction of sp³-hybridized carbons (Fsp3) is 0.600. The molecular formula is C20H24O2. The van der Waals surface area contributed by atoms with Crippen LogP contribution in [-0.2, 0) is 9.59 Å². The fourth-order valence-corrected chi connectivity index (χ4v) is 5.72. The molecule has 4 aliphatic carbocycles. The third kappa shape index (κ3) is 1.79. The summed E-state index contributed by atoms with van der Waals surface area (Å²) in [4.78, 5) is 26.2. The standard InChI is InChI=1S/C20H24O2/c1-10-8-11(2)15(12(3)9-10)18-19(21)16-13-4-5-14(7-6-13)17(16)20(18)22/h8-9,13-14,16-18H,4-7H2,1-3H3. The van der Waals surface area contributed by atoms with Crippen molar-refractivity contribution in [2.75, 3.05) is 0 Å². The maximum absolute atomic E-state index is 13.1. The molecule has 0 aromatic heterocycles. The van der Waals surface area contributed by atoms with Crippen molar-refractivity contribution in [3.63, 3.8) is 0 Å². The summed E-state index contributed by atoms with van der Waals surface area (Å²) in [6.45, 7) is 6.17. The van der Waals surface area contributed by atoms with Gasteiger partial charge in [-0.2, -0.15) is 0 Å². The number of carbonyl (C=O) groups excluding carboxylic acids is 2. The van der Waals surface area contributed by atoms with E-state index in [1.807, 2.05) is 13.8 Å². The van der Waals surface area contributed by atoms with Crippen LogP contribution in [0.25, 0.3) is 0 Å². The Balaban J connectivity index is 1.81. The molecule has 4 saturated carbocycles. The summed E-state index contributed by atoms with van der Waals surface area (Å²) in [5.41, 5.74) is 4.42. The number of aryl methyl sites for hydroxylation is 3. The Morgan fingerprint density at radius 2 is 1.18 bits per heavy atom. The highest BCUT2D eigenvalue weighted by atomic mass is 16.2. The van der Waals surface area contributed by atoms with Crippen LogP contribution in [0, 0.1) is 44.4 Å². The first kappa shape index (κ1) is 14.2. The molecule has 0 spiro atoms. The van der Waals surface area contributed by atoms with Crippen molar-refractivity contribution in [2.24, 2.45) is 23.7 Å². The van der Waals surface area contributed by atoms with Gasteiger partial charge < -0.3 is 0 Å². The summed E-state index contributed by atoms with van der Waals surface area (Å²) in [6.07, 6.45) is 4.62. The summed E-state index contributed by atoms with van der Waals surface area (Å²) in [5.74, 6) is 1.01. The zero-order valence-electron chi connectivity index (χ0n) is 13.7. The normalized spacial score (nSPS) is 36.8. The van der Waals surface area contributed by atoms with Crippen molar-refractivity contribution >= 4 is 11.6 Å². The van der Waals surface area contributed by atoms with Crippen LogP contribution in [0.15, 0.2) is 12.1 Å². The summed E-state index contributed by atoms with van der Waals surface area (Å²) in [7, 11) is 0. The van der Waals surface area contributed by atoms with Crippen LogP contribution in [0.1, 0.15) is 53.9 Å². The first-order valence-electron chi connectivity index (χ1n) is 8.64. The molecule has 2 unspecified atom stereocenters. The molecule has 1 aromatic carbocycles. The number of Topliss-reactive ketones (excluding diaryl/α,β-unsaturated/α-hetero) is 2. The summed E-state index contributed by atoms with van der Waals surface area (Å²) >= 11 is 0. The molecule has 2 nitrogen and oxygen atoms in total. The lowest BCUT2D eigenvalue weighted by Gasteiger charge is -2.43. The Labute approximate surface area is 132 Å². The van der Waals surface area contributed by atoms with Gasteiger partial charge in [-0.1, -0.05) is 17.7 Å². The van der Waals surface area contributed by atoms with E-state index in [0.717, 1.165) is 42.4 Å². The predicted octanol–water partition coefficient (Wildman–Crippen LogP) is 3.90. The van der Waals surface area contributed by atoms with E-state index in [2.05, 4.69) is 19.1 Å². The highest BCUT2D eigenvalue weighted by Crippen LogP contribution is 2.56. The lowest BCUT2D eigenvalue weighted by Crippen LogP contribution is -2.41. The lowest BCUT2D eigenvalue weighted by atomic mass is 9.59. The van der Waals surface area contributed by atoms with Gasteiger partial charge in [0.1, 0.15) is 5.92 Å². The average Bonchev–Trinajstić information content (AvgIpc) is 2.75. The maximum atomic E-state index is 13.1. The Morgan fingerprint density at radius 3 is 1.59 bits per heavy atom. The first-order chi connectivity index (χ1) is 10.5. The van der Waals surface area contributed by atoms with Crippen LogP contribution < -0.4 is 0 Å². The molecule has 0 radical (unpaired) electrons. The minimum absolute atomic E-state index is 0.0325. The topological polar surface area (TPSA) is 34.1 Å². The van der Waals surface area contributed by atoms with Gasteiger partial charge in [-0.3, -0.25) is 9.59 Å². The minimum Gasteiger partial charge on any atom is -0.298 e. The molecule has 1 aromatic rings. The Morgan fingerprint density at radius 1 is 0.773 bits per heavy atom. The number of ketones is 2. The number of benzene rings is 1. The number of carbonyl (C=O) groups is 2. The van der Waals surface area contributed by atoms with Gasteiger partial charge in [0.05, 0.1) is 0 Å². The highest BCUT2D eigenvalue weighted by Gasteiger charge is 2.59. The van der Waals surface area contributed by atoms with Crippen LogP contribution in [0.4, 0.5) is 0 Å². The van der Waals surface area contributed by atoms with Gasteiger partial charge in [-0.25, -0.2) is 0 Å². The van der Waals surface area contributed by atoms with Crippen LogP contribution >= 0.6 is 0 Å². The van der Waals surface area contributed by atoms with E-state index in [1.165, 1.54) is 5.56 Å². The molecule has 0 amide bonds. The second-order valence-corrected chi connectivity index (χ2v) is 7.78. The van der Waals surface area contributed by atoms with Crippen LogP contribution in [-0.4, -0.2) is 11.6 Å². The Kier molecular flexibility index (Phi) is 3.08. The van der Waals surface area contributed by atoms with Crippen molar-refractivity contribution in [2.45, 2.75) is 52.4 Å². The molecule has 2 bridgehead atoms. The van der Waals surface area contributed by atoms with Gasteiger partial charge in [0.15, 0.2) is 11.6 Å². The third-order valence-corrected chi connectivity index (χ3v) is 6.47. The smallest absolute Gasteiger partial charge is 0.151 e. The Bertz CT molecular complexity index is 611. The fourth-order valence-electron chi connectivity index (χ4n) is 5.72. The highest BCUT2D eigenvalue weighted by molar-refractivity contribution is 6.16. The molecule has 2 heteroatoms. The number of rotatable bonds is 1. The largest absolute Gasteiger partial charge is 0.298 e. The maximum Gasteiger partial charge on any atom is 0.151 e. The molecule has 0 heterocycles. The van der Waals surface area contributed by atoms with Crippen LogP contribution in [0.5, 0.6) is 0 Å². The molecule has 5 rings (SSSR count). The van der Waals surface area contributed by atoms with Crippen LogP contribution in [0.3, 0.4) is 0 Å². The number of hydrogen-bond acceptors (Lipinski definition) is 2. The molecule has 0 saturated heterocycles. The van der Waals surface area contributed by atoms with E-state index < -0.39 is 5.92 Å². The molecule has 0 aliphatic heterocycles. The summed E-state index contributed by atoms with van der Waals surface area (Å²) in [6, 6.07) is 4.22. The van der Waals surface area contributed by atoms with E-state index >= 15 is 0 Å². The van der Waals surface area contributed by atoms with E-state index in [-0.39, 0.29) is 23.4 Å². The van der Waals surface area contributed by atoms with Crippen molar-refractivity contribution in [1.29, 1.82) is 0 Å². The second-order valence-electron chi connectivity index (χ2n) is 7.78. The molecule has 4 aliphatic rings. The molecule has 4 fully saturated rings. The minimum atomic E-state index is -0.475. The zero-order chi connectivity index (χ0) is 15.6. The molecule has 22 heavy (non-hydrogen) atoms. The zero-order valence-corrected chi connectivity index (χ0v) is 13.7. The van der Waals surface area contributed by atoms with Gasteiger partial charge in [0.25, 0.3) is 0 Å². The summed E-state index contributed by atoms with van der Waals surface area (Å²) in [5, 5.41) is 0. The monoisotopic (exact) mass is 296 g/mol. The van der Waals surface area contributed by atoms with Gasteiger partial charge in [-0.15, -0.1) is 0 Å². The molecular weight excluding hydrogens is 272 g/mol. The SMILES string of the molecule is Cc1cc(C)c(C2C(=O)C3C4CCC(CC4)C3C2=O)c(C)c1. The van der Waals surface area contributed by atoms with Crippen molar-refractivity contribution < 1.29 is 9.59 Å². The van der Waals surface area contributed by atoms with Crippen molar-refractivity contribution in [3.8, 4) is 0 Å². The van der Waals surface area contributed by atoms with E-state index in [9.17, 15) is 9.59 Å². The average molecular weight is 296 g/mol. The Hall–Kier alpha value is -1.44.